The number of halogens is 1. The van der Waals surface area contributed by atoms with Crippen LogP contribution in [-0.2, 0) is 17.8 Å². The first kappa shape index (κ1) is 12.4. The first-order valence-corrected chi connectivity index (χ1v) is 6.32. The summed E-state index contributed by atoms with van der Waals surface area (Å²) in [6.07, 6.45) is 3.60. The van der Waals surface area contributed by atoms with E-state index in [4.69, 9.17) is 17.3 Å². The zero-order valence-corrected chi connectivity index (χ0v) is 10.5. The van der Waals surface area contributed by atoms with Crippen LogP contribution in [0, 0.1) is 0 Å². The SMILES string of the molecule is NC(=O)CCc1ccc(Cl)c(CNC2CC2)c1. The number of rotatable bonds is 6. The number of primary amides is 1. The number of amides is 1. The van der Waals surface area contributed by atoms with Gasteiger partial charge in [-0.15, -0.1) is 0 Å². The Labute approximate surface area is 106 Å². The molecule has 0 unspecified atom stereocenters. The van der Waals surface area contributed by atoms with Crippen LogP contribution in [0.15, 0.2) is 18.2 Å². The number of nitrogens with two attached hydrogens (primary N) is 1. The van der Waals surface area contributed by atoms with Crippen LogP contribution < -0.4 is 11.1 Å². The zero-order valence-electron chi connectivity index (χ0n) is 9.71. The van der Waals surface area contributed by atoms with Crippen LogP contribution in [0.25, 0.3) is 0 Å². The van der Waals surface area contributed by atoms with E-state index in [1.165, 1.54) is 12.8 Å². The molecule has 0 radical (unpaired) electrons. The molecule has 17 heavy (non-hydrogen) atoms. The maximum atomic E-state index is 10.7. The summed E-state index contributed by atoms with van der Waals surface area (Å²) < 4.78 is 0. The third-order valence-electron chi connectivity index (χ3n) is 2.93. The maximum absolute atomic E-state index is 10.7. The molecule has 0 heterocycles. The average molecular weight is 253 g/mol. The molecule has 0 aromatic heterocycles. The molecule has 3 N–H and O–H groups in total. The predicted octanol–water partition coefficient (Wildman–Crippen LogP) is 2.01. The third-order valence-corrected chi connectivity index (χ3v) is 3.30. The normalized spacial score (nSPS) is 14.9. The highest BCUT2D eigenvalue weighted by atomic mass is 35.5. The summed E-state index contributed by atoms with van der Waals surface area (Å²) in [5.41, 5.74) is 7.35. The lowest BCUT2D eigenvalue weighted by molar-refractivity contribution is -0.117. The van der Waals surface area contributed by atoms with Crippen LogP contribution in [0.1, 0.15) is 30.4 Å². The van der Waals surface area contributed by atoms with Crippen molar-refractivity contribution in [2.24, 2.45) is 5.73 Å². The van der Waals surface area contributed by atoms with Gasteiger partial charge in [0.25, 0.3) is 0 Å². The van der Waals surface area contributed by atoms with Crippen molar-refractivity contribution in [3.05, 3.63) is 34.3 Å². The van der Waals surface area contributed by atoms with Crippen molar-refractivity contribution in [2.45, 2.75) is 38.3 Å². The van der Waals surface area contributed by atoms with Gasteiger partial charge in [-0.05, 0) is 36.5 Å². The van der Waals surface area contributed by atoms with E-state index < -0.39 is 0 Å². The molecule has 0 bridgehead atoms. The summed E-state index contributed by atoms with van der Waals surface area (Å²) in [6, 6.07) is 6.56. The van der Waals surface area contributed by atoms with Gasteiger partial charge in [0.05, 0.1) is 0 Å². The van der Waals surface area contributed by atoms with Gasteiger partial charge in [0.1, 0.15) is 0 Å². The maximum Gasteiger partial charge on any atom is 0.217 e. The van der Waals surface area contributed by atoms with Crippen molar-refractivity contribution in [1.82, 2.24) is 5.32 Å². The van der Waals surface area contributed by atoms with Crippen molar-refractivity contribution in [3.63, 3.8) is 0 Å². The minimum atomic E-state index is -0.266. The van der Waals surface area contributed by atoms with Crippen molar-refractivity contribution in [2.75, 3.05) is 0 Å². The number of nitrogens with one attached hydrogen (secondary N) is 1. The number of carbonyl (C=O) groups excluding carboxylic acids is 1. The van der Waals surface area contributed by atoms with Crippen molar-refractivity contribution in [1.29, 1.82) is 0 Å². The molecule has 4 heteroatoms. The Bertz CT molecular complexity index is 416. The number of carbonyl (C=O) groups is 1. The summed E-state index contributed by atoms with van der Waals surface area (Å²) in [6.45, 7) is 0.800. The molecule has 92 valence electrons. The monoisotopic (exact) mass is 252 g/mol. The Balaban J connectivity index is 1.97. The van der Waals surface area contributed by atoms with Crippen LogP contribution in [0.5, 0.6) is 0 Å². The number of aryl methyl sites for hydroxylation is 1. The summed E-state index contributed by atoms with van der Waals surface area (Å²) in [5, 5.41) is 4.21. The third kappa shape index (κ3) is 4.02. The van der Waals surface area contributed by atoms with Gasteiger partial charge in [0, 0.05) is 24.0 Å². The highest BCUT2D eigenvalue weighted by Crippen LogP contribution is 2.22. The summed E-state index contributed by atoms with van der Waals surface area (Å²) in [7, 11) is 0. The molecule has 1 amide bonds. The fourth-order valence-electron chi connectivity index (χ4n) is 1.73. The van der Waals surface area contributed by atoms with Gasteiger partial charge in [-0.1, -0.05) is 23.7 Å². The second kappa shape index (κ2) is 5.52. The van der Waals surface area contributed by atoms with E-state index in [9.17, 15) is 4.79 Å². The largest absolute Gasteiger partial charge is 0.370 e. The minimum absolute atomic E-state index is 0.266. The highest BCUT2D eigenvalue weighted by Gasteiger charge is 2.20. The molecule has 1 saturated carbocycles. The number of hydrogen-bond donors (Lipinski definition) is 2. The van der Waals surface area contributed by atoms with Gasteiger partial charge in [-0.2, -0.15) is 0 Å². The van der Waals surface area contributed by atoms with Crippen molar-refractivity contribution < 1.29 is 4.79 Å². The zero-order chi connectivity index (χ0) is 12.3. The van der Waals surface area contributed by atoms with Gasteiger partial charge in [-0.25, -0.2) is 0 Å². The van der Waals surface area contributed by atoms with Crippen molar-refractivity contribution in [3.8, 4) is 0 Å². The van der Waals surface area contributed by atoms with E-state index in [-0.39, 0.29) is 5.91 Å². The van der Waals surface area contributed by atoms with E-state index >= 15 is 0 Å². The Kier molecular flexibility index (Phi) is 4.02. The van der Waals surface area contributed by atoms with Gasteiger partial charge < -0.3 is 11.1 Å². The second-order valence-corrected chi connectivity index (χ2v) is 4.95. The first-order chi connectivity index (χ1) is 8.15. The summed E-state index contributed by atoms with van der Waals surface area (Å²) in [5.74, 6) is -0.266. The molecular formula is C13H17ClN2O. The highest BCUT2D eigenvalue weighted by molar-refractivity contribution is 6.31. The van der Waals surface area contributed by atoms with Gasteiger partial charge in [0.2, 0.25) is 5.91 Å². The lowest BCUT2D eigenvalue weighted by Gasteiger charge is -2.08. The molecule has 3 nitrogen and oxygen atoms in total. The van der Waals surface area contributed by atoms with Crippen LogP contribution in [-0.4, -0.2) is 11.9 Å². The molecule has 1 aliphatic rings. The first-order valence-electron chi connectivity index (χ1n) is 5.94. The quantitative estimate of drug-likeness (QED) is 0.814. The van der Waals surface area contributed by atoms with Crippen LogP contribution in [0.2, 0.25) is 5.02 Å². The smallest absolute Gasteiger partial charge is 0.217 e. The van der Waals surface area contributed by atoms with Crippen molar-refractivity contribution >= 4 is 17.5 Å². The molecule has 1 aromatic carbocycles. The molecule has 2 rings (SSSR count). The number of benzene rings is 1. The van der Waals surface area contributed by atoms with E-state index in [2.05, 4.69) is 11.4 Å². The molecule has 0 saturated heterocycles. The minimum Gasteiger partial charge on any atom is -0.370 e. The van der Waals surface area contributed by atoms with E-state index in [0.717, 1.165) is 22.7 Å². The van der Waals surface area contributed by atoms with Crippen LogP contribution in [0.3, 0.4) is 0 Å². The Hall–Kier alpha value is -1.06. The molecular weight excluding hydrogens is 236 g/mol. The van der Waals surface area contributed by atoms with Gasteiger partial charge in [0.15, 0.2) is 0 Å². The van der Waals surface area contributed by atoms with E-state index in [0.29, 0.717) is 18.9 Å². The summed E-state index contributed by atoms with van der Waals surface area (Å²) in [4.78, 5) is 10.7. The average Bonchev–Trinajstić information content (AvgIpc) is 3.10. The number of hydrogen-bond acceptors (Lipinski definition) is 2. The molecule has 0 atom stereocenters. The Morgan fingerprint density at radius 2 is 2.24 bits per heavy atom. The lowest BCUT2D eigenvalue weighted by Crippen LogP contribution is -2.16. The fraction of sp³-hybridized carbons (Fsp3) is 0.462. The predicted molar refractivity (Wildman–Crippen MR) is 68.8 cm³/mol. The van der Waals surface area contributed by atoms with Crippen LogP contribution >= 0.6 is 11.6 Å². The molecule has 1 aliphatic carbocycles. The standard InChI is InChI=1S/C13H17ClN2O/c14-12-5-1-9(2-6-13(15)17)7-10(12)8-16-11-3-4-11/h1,5,7,11,16H,2-4,6,8H2,(H2,15,17). The van der Waals surface area contributed by atoms with E-state index in [1.54, 1.807) is 0 Å². The molecule has 0 aliphatic heterocycles. The Morgan fingerprint density at radius 3 is 2.88 bits per heavy atom. The lowest BCUT2D eigenvalue weighted by atomic mass is 10.1. The molecule has 0 spiro atoms. The van der Waals surface area contributed by atoms with E-state index in [1.807, 2.05) is 12.1 Å². The molecule has 1 fully saturated rings. The van der Waals surface area contributed by atoms with Gasteiger partial charge >= 0.3 is 0 Å². The Morgan fingerprint density at radius 1 is 1.47 bits per heavy atom. The molecule has 1 aromatic rings. The fourth-order valence-corrected chi connectivity index (χ4v) is 1.91. The topological polar surface area (TPSA) is 55.1 Å². The second-order valence-electron chi connectivity index (χ2n) is 4.55. The summed E-state index contributed by atoms with van der Waals surface area (Å²) >= 11 is 6.13. The van der Waals surface area contributed by atoms with Crippen LogP contribution in [0.4, 0.5) is 0 Å². The van der Waals surface area contributed by atoms with Gasteiger partial charge in [-0.3, -0.25) is 4.79 Å².